The Kier molecular flexibility index (Phi) is 4.22. The van der Waals surface area contributed by atoms with Crippen LogP contribution >= 0.6 is 0 Å². The van der Waals surface area contributed by atoms with E-state index in [2.05, 4.69) is 14.8 Å². The van der Waals surface area contributed by atoms with Gasteiger partial charge in [0, 0.05) is 30.8 Å². The zero-order valence-corrected chi connectivity index (χ0v) is 13.3. The minimum Gasteiger partial charge on any atom is -0.263 e. The van der Waals surface area contributed by atoms with E-state index in [9.17, 15) is 8.42 Å². The number of nitrogens with zero attached hydrogens (tertiary/aromatic N) is 3. The number of aromatic nitrogens is 3. The highest BCUT2D eigenvalue weighted by molar-refractivity contribution is 7.89. The third-order valence-electron chi connectivity index (χ3n) is 3.44. The minimum atomic E-state index is -3.59. The molecule has 3 rings (SSSR count). The van der Waals surface area contributed by atoms with E-state index in [1.54, 1.807) is 23.9 Å². The first-order valence-electron chi connectivity index (χ1n) is 7.08. The lowest BCUT2D eigenvalue weighted by Gasteiger charge is -2.15. The molecule has 0 amide bonds. The summed E-state index contributed by atoms with van der Waals surface area (Å²) in [5.41, 5.74) is 1.79. The highest BCUT2D eigenvalue weighted by Crippen LogP contribution is 2.18. The quantitative estimate of drug-likeness (QED) is 0.780. The third kappa shape index (κ3) is 3.46. The molecule has 0 aliphatic rings. The van der Waals surface area contributed by atoms with Crippen LogP contribution in [0.25, 0.3) is 5.69 Å². The van der Waals surface area contributed by atoms with Gasteiger partial charge in [0.05, 0.1) is 5.69 Å². The van der Waals surface area contributed by atoms with Gasteiger partial charge in [-0.3, -0.25) is 4.98 Å². The summed E-state index contributed by atoms with van der Waals surface area (Å²) in [7, 11) is -3.59. The van der Waals surface area contributed by atoms with Gasteiger partial charge in [0.15, 0.2) is 0 Å². The predicted molar refractivity (Wildman–Crippen MR) is 86.5 cm³/mol. The Morgan fingerprint density at radius 2 is 1.87 bits per heavy atom. The van der Waals surface area contributed by atoms with Crippen LogP contribution < -0.4 is 4.72 Å². The van der Waals surface area contributed by atoms with E-state index in [0.717, 1.165) is 11.3 Å². The van der Waals surface area contributed by atoms with E-state index in [1.165, 1.54) is 18.5 Å². The van der Waals surface area contributed by atoms with E-state index in [4.69, 9.17) is 0 Å². The second kappa shape index (κ2) is 6.31. The van der Waals surface area contributed by atoms with Crippen LogP contribution in [0.5, 0.6) is 0 Å². The maximum atomic E-state index is 12.3. The Hall–Kier alpha value is -2.51. The summed E-state index contributed by atoms with van der Waals surface area (Å²) in [6, 6.07) is 12.2. The molecule has 7 heteroatoms. The van der Waals surface area contributed by atoms with E-state index in [1.807, 2.05) is 36.5 Å². The van der Waals surface area contributed by atoms with Crippen LogP contribution in [0.1, 0.15) is 18.5 Å². The van der Waals surface area contributed by atoms with Crippen molar-refractivity contribution in [2.75, 3.05) is 0 Å². The number of benzene rings is 1. The number of hydrogen-bond acceptors (Lipinski definition) is 4. The van der Waals surface area contributed by atoms with Crippen molar-refractivity contribution in [3.8, 4) is 5.69 Å². The Morgan fingerprint density at radius 1 is 1.09 bits per heavy atom. The number of hydrogen-bond donors (Lipinski definition) is 1. The molecule has 0 radical (unpaired) electrons. The molecule has 0 saturated carbocycles. The number of rotatable bonds is 5. The van der Waals surface area contributed by atoms with Crippen molar-refractivity contribution in [2.24, 2.45) is 0 Å². The minimum absolute atomic E-state index is 0.153. The van der Waals surface area contributed by atoms with Gasteiger partial charge in [-0.15, -0.1) is 0 Å². The third-order valence-corrected chi connectivity index (χ3v) is 4.96. The molecule has 118 valence electrons. The lowest BCUT2D eigenvalue weighted by molar-refractivity contribution is 0.566. The van der Waals surface area contributed by atoms with Gasteiger partial charge in [-0.25, -0.2) is 17.8 Å². The molecule has 2 heterocycles. The van der Waals surface area contributed by atoms with Gasteiger partial charge in [0.1, 0.15) is 4.90 Å². The zero-order chi connectivity index (χ0) is 16.3. The van der Waals surface area contributed by atoms with Crippen LogP contribution in [0.15, 0.2) is 72.1 Å². The second-order valence-corrected chi connectivity index (χ2v) is 6.79. The molecular formula is C16H16N4O2S. The highest BCUT2D eigenvalue weighted by atomic mass is 32.2. The predicted octanol–water partition coefficient (Wildman–Crippen LogP) is 2.31. The Labute approximate surface area is 134 Å². The lowest BCUT2D eigenvalue weighted by atomic mass is 10.1. The summed E-state index contributed by atoms with van der Waals surface area (Å²) in [5.74, 6) is 0. The number of sulfonamides is 1. The molecule has 0 aliphatic heterocycles. The second-order valence-electron chi connectivity index (χ2n) is 5.07. The molecule has 1 unspecified atom stereocenters. The van der Waals surface area contributed by atoms with E-state index < -0.39 is 10.0 Å². The fourth-order valence-corrected chi connectivity index (χ4v) is 3.41. The van der Waals surface area contributed by atoms with E-state index in [-0.39, 0.29) is 10.9 Å². The Bertz CT molecular complexity index is 860. The molecular weight excluding hydrogens is 312 g/mol. The number of pyridine rings is 1. The highest BCUT2D eigenvalue weighted by Gasteiger charge is 2.18. The average molecular weight is 328 g/mol. The van der Waals surface area contributed by atoms with Crippen molar-refractivity contribution >= 4 is 10.0 Å². The van der Waals surface area contributed by atoms with Crippen LogP contribution in [0.2, 0.25) is 0 Å². The van der Waals surface area contributed by atoms with Gasteiger partial charge in [-0.05, 0) is 42.8 Å². The van der Waals surface area contributed by atoms with Gasteiger partial charge in [-0.1, -0.05) is 12.1 Å². The SMILES string of the molecule is CC(NS(=O)(=O)c1cccnc1)c1ccc(-n2cccn2)cc1. The summed E-state index contributed by atoms with van der Waals surface area (Å²) < 4.78 is 29.0. The molecule has 23 heavy (non-hydrogen) atoms. The molecule has 0 spiro atoms. The summed E-state index contributed by atoms with van der Waals surface area (Å²) in [4.78, 5) is 3.99. The summed E-state index contributed by atoms with van der Waals surface area (Å²) >= 11 is 0. The van der Waals surface area contributed by atoms with Crippen LogP contribution in [-0.2, 0) is 10.0 Å². The lowest BCUT2D eigenvalue weighted by Crippen LogP contribution is -2.27. The fraction of sp³-hybridized carbons (Fsp3) is 0.125. The van der Waals surface area contributed by atoms with Gasteiger partial charge in [-0.2, -0.15) is 5.10 Å². The molecule has 6 nitrogen and oxygen atoms in total. The molecule has 0 aliphatic carbocycles. The van der Waals surface area contributed by atoms with Crippen molar-refractivity contribution in [1.82, 2.24) is 19.5 Å². The van der Waals surface area contributed by atoms with Gasteiger partial charge < -0.3 is 0 Å². The summed E-state index contributed by atoms with van der Waals surface area (Å²) in [5, 5.41) is 4.16. The molecule has 0 saturated heterocycles. The first-order chi connectivity index (χ1) is 11.1. The molecule has 3 aromatic rings. The van der Waals surface area contributed by atoms with Crippen molar-refractivity contribution in [2.45, 2.75) is 17.9 Å². The zero-order valence-electron chi connectivity index (χ0n) is 12.5. The average Bonchev–Trinajstić information content (AvgIpc) is 3.10. The molecule has 1 aromatic carbocycles. The first kappa shape index (κ1) is 15.4. The fourth-order valence-electron chi connectivity index (χ4n) is 2.21. The largest absolute Gasteiger partial charge is 0.263 e. The van der Waals surface area contributed by atoms with Crippen LogP contribution in [0.4, 0.5) is 0 Å². The first-order valence-corrected chi connectivity index (χ1v) is 8.57. The molecule has 2 aromatic heterocycles. The topological polar surface area (TPSA) is 76.9 Å². The van der Waals surface area contributed by atoms with Crippen molar-refractivity contribution in [3.63, 3.8) is 0 Å². The summed E-state index contributed by atoms with van der Waals surface area (Å²) in [6.07, 6.45) is 6.43. The van der Waals surface area contributed by atoms with E-state index in [0.29, 0.717) is 0 Å². The molecule has 0 fully saturated rings. The van der Waals surface area contributed by atoms with Gasteiger partial charge >= 0.3 is 0 Å². The van der Waals surface area contributed by atoms with Crippen molar-refractivity contribution in [1.29, 1.82) is 0 Å². The van der Waals surface area contributed by atoms with Crippen LogP contribution in [0.3, 0.4) is 0 Å². The maximum Gasteiger partial charge on any atom is 0.242 e. The maximum absolute atomic E-state index is 12.3. The van der Waals surface area contributed by atoms with E-state index >= 15 is 0 Å². The Balaban J connectivity index is 1.77. The molecule has 1 N–H and O–H groups in total. The number of nitrogens with one attached hydrogen (secondary N) is 1. The smallest absolute Gasteiger partial charge is 0.242 e. The standard InChI is InChI=1S/C16H16N4O2S/c1-13(19-23(21,22)16-4-2-9-17-12-16)14-5-7-15(8-6-14)20-11-3-10-18-20/h2-13,19H,1H3. The molecule has 1 atom stereocenters. The van der Waals surface area contributed by atoms with Crippen LogP contribution in [0, 0.1) is 0 Å². The van der Waals surface area contributed by atoms with Crippen molar-refractivity contribution in [3.05, 3.63) is 72.8 Å². The Morgan fingerprint density at radius 3 is 2.48 bits per heavy atom. The monoisotopic (exact) mass is 328 g/mol. The van der Waals surface area contributed by atoms with Crippen LogP contribution in [-0.4, -0.2) is 23.2 Å². The normalized spacial score (nSPS) is 12.9. The molecule has 0 bridgehead atoms. The van der Waals surface area contributed by atoms with Crippen molar-refractivity contribution < 1.29 is 8.42 Å². The van der Waals surface area contributed by atoms with Gasteiger partial charge in [0.25, 0.3) is 0 Å². The van der Waals surface area contributed by atoms with Gasteiger partial charge in [0.2, 0.25) is 10.0 Å². The summed E-state index contributed by atoms with van der Waals surface area (Å²) in [6.45, 7) is 1.80.